The Labute approximate surface area is 107 Å². The standard InChI is InChI=1S/C14H17N3O/c1-10-4-3-5-12-13(10)14(16-9-15-12)17-6-7-18-11(2)8-17/h3-5,9,11H,6-8H2,1-2H3. The molecule has 4 heteroatoms. The molecule has 1 aliphatic heterocycles. The molecule has 1 aromatic carbocycles. The van der Waals surface area contributed by atoms with Crippen LogP contribution < -0.4 is 4.90 Å². The zero-order valence-corrected chi connectivity index (χ0v) is 10.8. The van der Waals surface area contributed by atoms with Crippen molar-refractivity contribution in [1.29, 1.82) is 0 Å². The van der Waals surface area contributed by atoms with Gasteiger partial charge in [-0.25, -0.2) is 9.97 Å². The normalized spacial score (nSPS) is 20.3. The van der Waals surface area contributed by atoms with Gasteiger partial charge in [0.2, 0.25) is 0 Å². The molecule has 1 aromatic heterocycles. The summed E-state index contributed by atoms with van der Waals surface area (Å²) in [7, 11) is 0. The summed E-state index contributed by atoms with van der Waals surface area (Å²) in [5.74, 6) is 1.04. The molecule has 94 valence electrons. The lowest BCUT2D eigenvalue weighted by atomic mass is 10.1. The SMILES string of the molecule is Cc1cccc2ncnc(N3CCOC(C)C3)c12. The van der Waals surface area contributed by atoms with Crippen LogP contribution in [0, 0.1) is 6.92 Å². The molecule has 1 aliphatic rings. The Balaban J connectivity index is 2.11. The van der Waals surface area contributed by atoms with Crippen LogP contribution in [0.3, 0.4) is 0 Å². The zero-order valence-electron chi connectivity index (χ0n) is 10.8. The Morgan fingerprint density at radius 2 is 2.22 bits per heavy atom. The van der Waals surface area contributed by atoms with Gasteiger partial charge in [-0.3, -0.25) is 0 Å². The number of hydrogen-bond acceptors (Lipinski definition) is 4. The minimum atomic E-state index is 0.257. The Morgan fingerprint density at radius 1 is 1.33 bits per heavy atom. The van der Waals surface area contributed by atoms with Crippen molar-refractivity contribution in [1.82, 2.24) is 9.97 Å². The fourth-order valence-corrected chi connectivity index (χ4v) is 2.51. The van der Waals surface area contributed by atoms with Crippen molar-refractivity contribution in [2.45, 2.75) is 20.0 Å². The molecule has 0 amide bonds. The fraction of sp³-hybridized carbons (Fsp3) is 0.429. The highest BCUT2D eigenvalue weighted by atomic mass is 16.5. The van der Waals surface area contributed by atoms with Crippen molar-refractivity contribution in [3.63, 3.8) is 0 Å². The van der Waals surface area contributed by atoms with Gasteiger partial charge in [-0.2, -0.15) is 0 Å². The number of anilines is 1. The van der Waals surface area contributed by atoms with Gasteiger partial charge in [-0.1, -0.05) is 12.1 Å². The Kier molecular flexibility index (Phi) is 2.88. The van der Waals surface area contributed by atoms with E-state index in [1.807, 2.05) is 12.1 Å². The Hall–Kier alpha value is -1.68. The molecule has 0 bridgehead atoms. The van der Waals surface area contributed by atoms with E-state index >= 15 is 0 Å². The molecule has 3 rings (SSSR count). The molecule has 0 spiro atoms. The number of hydrogen-bond donors (Lipinski definition) is 0. The third kappa shape index (κ3) is 1.93. The molecule has 1 unspecified atom stereocenters. The monoisotopic (exact) mass is 243 g/mol. The van der Waals surface area contributed by atoms with E-state index in [2.05, 4.69) is 34.8 Å². The maximum absolute atomic E-state index is 5.59. The van der Waals surface area contributed by atoms with E-state index in [1.54, 1.807) is 6.33 Å². The van der Waals surface area contributed by atoms with Crippen LogP contribution in [0.5, 0.6) is 0 Å². The van der Waals surface area contributed by atoms with Gasteiger partial charge in [0.15, 0.2) is 0 Å². The smallest absolute Gasteiger partial charge is 0.140 e. The van der Waals surface area contributed by atoms with E-state index in [1.165, 1.54) is 5.56 Å². The molecule has 2 aromatic rings. The van der Waals surface area contributed by atoms with Crippen LogP contribution in [-0.2, 0) is 4.74 Å². The topological polar surface area (TPSA) is 38.2 Å². The summed E-state index contributed by atoms with van der Waals surface area (Å²) >= 11 is 0. The highest BCUT2D eigenvalue weighted by molar-refractivity contribution is 5.92. The van der Waals surface area contributed by atoms with E-state index in [0.29, 0.717) is 0 Å². The second kappa shape index (κ2) is 4.53. The molecule has 0 saturated carbocycles. The summed E-state index contributed by atoms with van der Waals surface area (Å²) in [5.41, 5.74) is 2.24. The first-order valence-corrected chi connectivity index (χ1v) is 6.32. The van der Waals surface area contributed by atoms with Crippen LogP contribution >= 0.6 is 0 Å². The predicted octanol–water partition coefficient (Wildman–Crippen LogP) is 2.16. The summed E-state index contributed by atoms with van der Waals surface area (Å²) in [5, 5.41) is 1.16. The van der Waals surface area contributed by atoms with Crippen molar-refractivity contribution in [3.8, 4) is 0 Å². The number of nitrogens with zero attached hydrogens (tertiary/aromatic N) is 3. The van der Waals surface area contributed by atoms with Crippen LogP contribution in [0.15, 0.2) is 24.5 Å². The van der Waals surface area contributed by atoms with Gasteiger partial charge in [0.1, 0.15) is 12.1 Å². The van der Waals surface area contributed by atoms with Crippen molar-refractivity contribution < 1.29 is 4.74 Å². The number of rotatable bonds is 1. The summed E-state index contributed by atoms with van der Waals surface area (Å²) < 4.78 is 5.59. The maximum Gasteiger partial charge on any atom is 0.140 e. The Bertz CT molecular complexity index is 565. The molecule has 0 aliphatic carbocycles. The van der Waals surface area contributed by atoms with Crippen LogP contribution in [0.4, 0.5) is 5.82 Å². The largest absolute Gasteiger partial charge is 0.375 e. The van der Waals surface area contributed by atoms with Gasteiger partial charge < -0.3 is 9.64 Å². The van der Waals surface area contributed by atoms with Crippen molar-refractivity contribution >= 4 is 16.7 Å². The zero-order chi connectivity index (χ0) is 12.5. The number of benzene rings is 1. The average molecular weight is 243 g/mol. The molecule has 1 saturated heterocycles. The lowest BCUT2D eigenvalue weighted by Gasteiger charge is -2.32. The van der Waals surface area contributed by atoms with Gasteiger partial charge >= 0.3 is 0 Å². The minimum Gasteiger partial charge on any atom is -0.375 e. The number of ether oxygens (including phenoxy) is 1. The lowest BCUT2D eigenvalue weighted by molar-refractivity contribution is 0.0530. The number of morpholine rings is 1. The van der Waals surface area contributed by atoms with Crippen molar-refractivity contribution in [3.05, 3.63) is 30.1 Å². The number of aromatic nitrogens is 2. The van der Waals surface area contributed by atoms with E-state index in [-0.39, 0.29) is 6.10 Å². The van der Waals surface area contributed by atoms with E-state index in [9.17, 15) is 0 Å². The minimum absolute atomic E-state index is 0.257. The fourth-order valence-electron chi connectivity index (χ4n) is 2.51. The molecular formula is C14H17N3O. The quantitative estimate of drug-likeness (QED) is 0.769. The average Bonchev–Trinajstić information content (AvgIpc) is 2.38. The maximum atomic E-state index is 5.59. The van der Waals surface area contributed by atoms with E-state index in [0.717, 1.165) is 36.4 Å². The van der Waals surface area contributed by atoms with Gasteiger partial charge in [0.25, 0.3) is 0 Å². The summed E-state index contributed by atoms with van der Waals surface area (Å²) in [6.45, 7) is 6.76. The molecule has 2 heterocycles. The molecular weight excluding hydrogens is 226 g/mol. The first kappa shape index (κ1) is 11.4. The number of aryl methyl sites for hydroxylation is 1. The first-order valence-electron chi connectivity index (χ1n) is 6.32. The number of fused-ring (bicyclic) bond motifs is 1. The second-order valence-electron chi connectivity index (χ2n) is 4.79. The molecule has 4 nitrogen and oxygen atoms in total. The van der Waals surface area contributed by atoms with Gasteiger partial charge in [-0.15, -0.1) is 0 Å². The Morgan fingerprint density at radius 3 is 3.06 bits per heavy atom. The van der Waals surface area contributed by atoms with Crippen LogP contribution in [-0.4, -0.2) is 35.8 Å². The van der Waals surface area contributed by atoms with Gasteiger partial charge in [0, 0.05) is 18.5 Å². The second-order valence-corrected chi connectivity index (χ2v) is 4.79. The highest BCUT2D eigenvalue weighted by Gasteiger charge is 2.20. The van der Waals surface area contributed by atoms with E-state index < -0.39 is 0 Å². The lowest BCUT2D eigenvalue weighted by Crippen LogP contribution is -2.41. The van der Waals surface area contributed by atoms with Crippen LogP contribution in [0.1, 0.15) is 12.5 Å². The van der Waals surface area contributed by atoms with Gasteiger partial charge in [0.05, 0.1) is 18.2 Å². The third-order valence-electron chi connectivity index (χ3n) is 3.39. The highest BCUT2D eigenvalue weighted by Crippen LogP contribution is 2.27. The molecule has 18 heavy (non-hydrogen) atoms. The predicted molar refractivity (Wildman–Crippen MR) is 71.9 cm³/mol. The summed E-state index contributed by atoms with van der Waals surface area (Å²) in [6.07, 6.45) is 1.91. The van der Waals surface area contributed by atoms with Crippen molar-refractivity contribution in [2.24, 2.45) is 0 Å². The van der Waals surface area contributed by atoms with Gasteiger partial charge in [-0.05, 0) is 25.5 Å². The van der Waals surface area contributed by atoms with Crippen molar-refractivity contribution in [2.75, 3.05) is 24.6 Å². The molecule has 0 N–H and O–H groups in total. The van der Waals surface area contributed by atoms with Crippen LogP contribution in [0.25, 0.3) is 10.9 Å². The molecule has 1 atom stereocenters. The summed E-state index contributed by atoms with van der Waals surface area (Å²) in [4.78, 5) is 11.1. The molecule has 1 fully saturated rings. The van der Waals surface area contributed by atoms with E-state index in [4.69, 9.17) is 4.74 Å². The first-order chi connectivity index (χ1) is 8.75. The molecule has 0 radical (unpaired) electrons. The summed E-state index contributed by atoms with van der Waals surface area (Å²) in [6, 6.07) is 6.19. The third-order valence-corrected chi connectivity index (χ3v) is 3.39. The van der Waals surface area contributed by atoms with Crippen LogP contribution in [0.2, 0.25) is 0 Å².